The molecule has 2 heterocycles. The fraction of sp³-hybridized carbons (Fsp3) is 0.190. The Bertz CT molecular complexity index is 1120. The summed E-state index contributed by atoms with van der Waals surface area (Å²) in [6.07, 6.45) is 3.94. The van der Waals surface area contributed by atoms with Crippen molar-refractivity contribution >= 4 is 28.3 Å². The van der Waals surface area contributed by atoms with Crippen LogP contribution in [-0.2, 0) is 9.59 Å². The van der Waals surface area contributed by atoms with Crippen molar-refractivity contribution in [2.75, 3.05) is 0 Å². The van der Waals surface area contributed by atoms with Crippen LogP contribution >= 0.6 is 0 Å². The molecule has 0 saturated heterocycles. The van der Waals surface area contributed by atoms with Crippen molar-refractivity contribution in [3.05, 3.63) is 70.8 Å². The largest absolute Gasteiger partial charge is 0.298 e. The van der Waals surface area contributed by atoms with E-state index in [1.165, 1.54) is 10.6 Å². The minimum absolute atomic E-state index is 0.147. The van der Waals surface area contributed by atoms with E-state index < -0.39 is 28.8 Å². The van der Waals surface area contributed by atoms with Crippen LogP contribution in [0.5, 0.6) is 0 Å². The number of rotatable bonds is 3. The van der Waals surface area contributed by atoms with Crippen molar-refractivity contribution < 1.29 is 14.4 Å². The van der Waals surface area contributed by atoms with Crippen molar-refractivity contribution in [3.8, 4) is 5.69 Å². The van der Waals surface area contributed by atoms with Crippen LogP contribution in [0.4, 0.5) is 0 Å². The molecule has 1 aliphatic rings. The maximum absolute atomic E-state index is 13.2. The van der Waals surface area contributed by atoms with Crippen LogP contribution in [0.15, 0.2) is 59.7 Å². The summed E-state index contributed by atoms with van der Waals surface area (Å²) in [7, 11) is 0. The molecule has 27 heavy (non-hydrogen) atoms. The van der Waals surface area contributed by atoms with Gasteiger partial charge in [0.25, 0.3) is 5.56 Å². The number of fused-ring (bicyclic) bond motifs is 1. The Kier molecular flexibility index (Phi) is 4.24. The molecule has 0 spiro atoms. The lowest BCUT2D eigenvalue weighted by Crippen LogP contribution is -2.38. The molecule has 1 aliphatic carbocycles. The topological polar surface area (TPSA) is 86.1 Å². The molecule has 1 saturated carbocycles. The molecule has 6 nitrogen and oxygen atoms in total. The molecular weight excluding hydrogens is 344 g/mol. The number of pyridine rings is 2. The molecule has 0 bridgehead atoms. The van der Waals surface area contributed by atoms with Gasteiger partial charge in [0.2, 0.25) is 0 Å². The van der Waals surface area contributed by atoms with Gasteiger partial charge in [-0.15, -0.1) is 0 Å². The maximum Gasteiger partial charge on any atom is 0.266 e. The zero-order valence-electron chi connectivity index (χ0n) is 14.4. The van der Waals surface area contributed by atoms with Gasteiger partial charge in [-0.05, 0) is 30.7 Å². The third kappa shape index (κ3) is 2.89. The van der Waals surface area contributed by atoms with Crippen LogP contribution in [-0.4, -0.2) is 26.9 Å². The Balaban J connectivity index is 1.96. The summed E-state index contributed by atoms with van der Waals surface area (Å²) < 4.78 is 1.40. The Morgan fingerprint density at radius 1 is 1.00 bits per heavy atom. The summed E-state index contributed by atoms with van der Waals surface area (Å²) in [6.45, 7) is 0. The van der Waals surface area contributed by atoms with Gasteiger partial charge in [-0.25, -0.2) is 0 Å². The molecule has 3 aromatic rings. The van der Waals surface area contributed by atoms with Gasteiger partial charge in [0.15, 0.2) is 17.3 Å². The number of benzene rings is 1. The molecule has 0 unspecified atom stereocenters. The number of carbonyl (C=O) groups is 3. The van der Waals surface area contributed by atoms with E-state index in [9.17, 15) is 19.2 Å². The third-order valence-electron chi connectivity index (χ3n) is 4.84. The van der Waals surface area contributed by atoms with Crippen LogP contribution in [0.3, 0.4) is 0 Å². The summed E-state index contributed by atoms with van der Waals surface area (Å²) in [5, 5.41) is 0.632. The normalized spacial score (nSPS) is 15.3. The second-order valence-electron chi connectivity index (χ2n) is 6.55. The number of ketones is 3. The highest BCUT2D eigenvalue weighted by atomic mass is 16.2. The van der Waals surface area contributed by atoms with Crippen molar-refractivity contribution in [1.82, 2.24) is 9.55 Å². The predicted molar refractivity (Wildman–Crippen MR) is 99.0 cm³/mol. The van der Waals surface area contributed by atoms with Crippen LogP contribution in [0.1, 0.15) is 29.6 Å². The van der Waals surface area contributed by atoms with Crippen molar-refractivity contribution in [2.24, 2.45) is 5.92 Å². The number of carbonyl (C=O) groups excluding carboxylic acids is 3. The highest BCUT2D eigenvalue weighted by Crippen LogP contribution is 2.23. The highest BCUT2D eigenvalue weighted by Gasteiger charge is 2.37. The van der Waals surface area contributed by atoms with Crippen LogP contribution < -0.4 is 5.56 Å². The molecule has 4 rings (SSSR count). The molecule has 1 aromatic carbocycles. The average molecular weight is 360 g/mol. The summed E-state index contributed by atoms with van der Waals surface area (Å²) in [4.78, 5) is 54.6. The Hall–Kier alpha value is -3.41. The lowest BCUT2D eigenvalue weighted by atomic mass is 9.82. The van der Waals surface area contributed by atoms with Crippen LogP contribution in [0, 0.1) is 5.92 Å². The second-order valence-corrected chi connectivity index (χ2v) is 6.55. The summed E-state index contributed by atoms with van der Waals surface area (Å²) in [5.74, 6) is -2.89. The monoisotopic (exact) mass is 360 g/mol. The Labute approximate surface area is 154 Å². The molecule has 2 aromatic heterocycles. The fourth-order valence-electron chi connectivity index (χ4n) is 3.52. The molecule has 1 fully saturated rings. The van der Waals surface area contributed by atoms with E-state index in [2.05, 4.69) is 4.98 Å². The lowest BCUT2D eigenvalue weighted by Gasteiger charge is -2.19. The quantitative estimate of drug-likeness (QED) is 0.529. The summed E-state index contributed by atoms with van der Waals surface area (Å²) in [5.41, 5.74) is 0.423. The minimum Gasteiger partial charge on any atom is -0.298 e. The minimum atomic E-state index is -1.37. The molecule has 0 aliphatic heterocycles. The van der Waals surface area contributed by atoms with E-state index in [4.69, 9.17) is 0 Å². The van der Waals surface area contributed by atoms with E-state index >= 15 is 0 Å². The molecule has 0 amide bonds. The summed E-state index contributed by atoms with van der Waals surface area (Å²) >= 11 is 0. The van der Waals surface area contributed by atoms with Crippen molar-refractivity contribution in [3.63, 3.8) is 0 Å². The first kappa shape index (κ1) is 17.0. The molecule has 0 N–H and O–H groups in total. The van der Waals surface area contributed by atoms with E-state index in [0.717, 1.165) is 0 Å². The Morgan fingerprint density at radius 3 is 2.41 bits per heavy atom. The molecular formula is C21H16N2O4. The third-order valence-corrected chi connectivity index (χ3v) is 4.84. The van der Waals surface area contributed by atoms with Gasteiger partial charge in [0, 0.05) is 30.1 Å². The fourth-order valence-corrected chi connectivity index (χ4v) is 3.52. The first-order chi connectivity index (χ1) is 13.1. The zero-order valence-corrected chi connectivity index (χ0v) is 14.4. The Morgan fingerprint density at radius 2 is 1.70 bits per heavy atom. The number of nitrogens with zero attached hydrogens (tertiary/aromatic N) is 2. The van der Waals surface area contributed by atoms with Crippen LogP contribution in [0.25, 0.3) is 16.6 Å². The SMILES string of the molecule is O=C1CCCC(=O)C1C(=O)c1cc2ccncc2n(-c2ccccc2)c1=O. The van der Waals surface area contributed by atoms with Gasteiger partial charge >= 0.3 is 0 Å². The van der Waals surface area contributed by atoms with Gasteiger partial charge in [-0.1, -0.05) is 18.2 Å². The first-order valence-electron chi connectivity index (χ1n) is 8.73. The van der Waals surface area contributed by atoms with E-state index in [-0.39, 0.29) is 18.4 Å². The highest BCUT2D eigenvalue weighted by molar-refractivity contribution is 6.25. The number of hydrogen-bond donors (Lipinski definition) is 0. The van der Waals surface area contributed by atoms with Gasteiger partial charge in [0.05, 0.1) is 17.3 Å². The van der Waals surface area contributed by atoms with E-state index in [1.54, 1.807) is 42.7 Å². The smallest absolute Gasteiger partial charge is 0.266 e. The first-order valence-corrected chi connectivity index (χ1v) is 8.73. The number of aromatic nitrogens is 2. The molecule has 0 radical (unpaired) electrons. The zero-order chi connectivity index (χ0) is 19.0. The molecule has 134 valence electrons. The number of para-hydroxylation sites is 1. The molecule has 0 atom stereocenters. The van der Waals surface area contributed by atoms with Gasteiger partial charge < -0.3 is 0 Å². The second kappa shape index (κ2) is 6.72. The standard InChI is InChI=1S/C21H16N2O4/c24-17-7-4-8-18(25)19(17)20(26)15-11-13-9-10-22-12-16(13)23(21(15)27)14-5-2-1-3-6-14/h1-3,5-6,9-12,19H,4,7-8H2. The van der Waals surface area contributed by atoms with E-state index in [0.29, 0.717) is 23.0 Å². The predicted octanol–water partition coefficient (Wildman–Crippen LogP) is 2.51. The average Bonchev–Trinajstić information content (AvgIpc) is 2.68. The van der Waals surface area contributed by atoms with E-state index in [1.807, 2.05) is 6.07 Å². The maximum atomic E-state index is 13.2. The van der Waals surface area contributed by atoms with Crippen molar-refractivity contribution in [1.29, 1.82) is 0 Å². The van der Waals surface area contributed by atoms with Crippen LogP contribution in [0.2, 0.25) is 0 Å². The van der Waals surface area contributed by atoms with Gasteiger partial charge in [-0.2, -0.15) is 0 Å². The number of Topliss-reactive ketones (excluding diaryl/α,β-unsaturated/α-hetero) is 3. The molecule has 6 heteroatoms. The lowest BCUT2D eigenvalue weighted by molar-refractivity contribution is -0.133. The summed E-state index contributed by atoms with van der Waals surface area (Å²) in [6, 6.07) is 12.0. The van der Waals surface area contributed by atoms with Gasteiger partial charge in [-0.3, -0.25) is 28.7 Å². The van der Waals surface area contributed by atoms with Crippen molar-refractivity contribution in [2.45, 2.75) is 19.3 Å². The van der Waals surface area contributed by atoms with Gasteiger partial charge in [0.1, 0.15) is 5.92 Å². The number of hydrogen-bond acceptors (Lipinski definition) is 5.